The molecule has 0 atom stereocenters. The Morgan fingerprint density at radius 2 is 2.10 bits per heavy atom. The fourth-order valence-corrected chi connectivity index (χ4v) is 3.09. The number of hydrogen-bond acceptors (Lipinski definition) is 5. The van der Waals surface area contributed by atoms with Crippen LogP contribution in [-0.4, -0.2) is 26.4 Å². The molecule has 0 saturated carbocycles. The van der Waals surface area contributed by atoms with E-state index >= 15 is 0 Å². The van der Waals surface area contributed by atoms with Crippen LogP contribution in [0.3, 0.4) is 0 Å². The summed E-state index contributed by atoms with van der Waals surface area (Å²) >= 11 is 0. The predicted octanol–water partition coefficient (Wildman–Crippen LogP) is 1.83. The van der Waals surface area contributed by atoms with E-state index in [1.54, 1.807) is 36.5 Å². The van der Waals surface area contributed by atoms with Gasteiger partial charge in [-0.15, -0.1) is 4.40 Å². The number of hydrogen-bond donors (Lipinski definition) is 1. The molecule has 8 heteroatoms. The molecule has 0 amide bonds. The van der Waals surface area contributed by atoms with Crippen LogP contribution in [0.1, 0.15) is 0 Å². The number of nitrogens with one attached hydrogen (secondary N) is 1. The molecule has 1 N–H and O–H groups in total. The first-order valence-electron chi connectivity index (χ1n) is 6.03. The monoisotopic (exact) mass is 306 g/mol. The Labute approximate surface area is 121 Å². The molecule has 0 aliphatic carbocycles. The highest BCUT2D eigenvalue weighted by Gasteiger charge is 2.27. The molecule has 1 aliphatic heterocycles. The minimum absolute atomic E-state index is 0.127. The van der Waals surface area contributed by atoms with Crippen molar-refractivity contribution < 1.29 is 12.8 Å². The number of pyridine rings is 1. The summed E-state index contributed by atoms with van der Waals surface area (Å²) in [5.41, 5.74) is 0.960. The van der Waals surface area contributed by atoms with E-state index in [0.717, 1.165) is 6.07 Å². The van der Waals surface area contributed by atoms with Gasteiger partial charge in [0.25, 0.3) is 10.0 Å². The van der Waals surface area contributed by atoms with Gasteiger partial charge in [0.2, 0.25) is 5.96 Å². The summed E-state index contributed by atoms with van der Waals surface area (Å²) in [7, 11) is -2.28. The van der Waals surface area contributed by atoms with Crippen LogP contribution < -0.4 is 10.2 Å². The minimum Gasteiger partial charge on any atom is -0.324 e. The molecule has 6 nitrogen and oxygen atoms in total. The number of rotatable bonds is 1. The fraction of sp³-hybridized carbons (Fsp3) is 0.0769. The Hall–Kier alpha value is -2.48. The smallest absolute Gasteiger partial charge is 0.287 e. The number of guanidine groups is 1. The molecule has 2 aromatic rings. The van der Waals surface area contributed by atoms with Gasteiger partial charge in [0.05, 0.1) is 17.6 Å². The van der Waals surface area contributed by atoms with Gasteiger partial charge in [-0.3, -0.25) is 4.98 Å². The van der Waals surface area contributed by atoms with Crippen molar-refractivity contribution in [1.29, 1.82) is 0 Å². The summed E-state index contributed by atoms with van der Waals surface area (Å²) in [4.78, 5) is 5.35. The quantitative estimate of drug-likeness (QED) is 0.870. The van der Waals surface area contributed by atoms with Crippen molar-refractivity contribution in [2.45, 2.75) is 4.90 Å². The van der Waals surface area contributed by atoms with Gasteiger partial charge in [-0.1, -0.05) is 0 Å². The summed E-state index contributed by atoms with van der Waals surface area (Å²) in [5.74, 6) is -0.500. The normalized spacial score (nSPS) is 15.6. The van der Waals surface area contributed by atoms with Gasteiger partial charge in [0.15, 0.2) is 0 Å². The first-order valence-corrected chi connectivity index (χ1v) is 7.47. The van der Waals surface area contributed by atoms with Crippen LogP contribution in [0, 0.1) is 5.82 Å². The van der Waals surface area contributed by atoms with Crippen molar-refractivity contribution in [2.75, 3.05) is 17.3 Å². The van der Waals surface area contributed by atoms with Crippen LogP contribution in [0.15, 0.2) is 52.0 Å². The lowest BCUT2D eigenvalue weighted by Crippen LogP contribution is -2.36. The highest BCUT2D eigenvalue weighted by Crippen LogP contribution is 2.29. The van der Waals surface area contributed by atoms with Gasteiger partial charge < -0.3 is 10.2 Å². The Morgan fingerprint density at radius 1 is 1.29 bits per heavy atom. The zero-order valence-corrected chi connectivity index (χ0v) is 11.8. The summed E-state index contributed by atoms with van der Waals surface area (Å²) in [6.45, 7) is 0. The summed E-state index contributed by atoms with van der Waals surface area (Å²) in [6.07, 6.45) is 3.19. The van der Waals surface area contributed by atoms with Crippen LogP contribution in [-0.2, 0) is 10.0 Å². The van der Waals surface area contributed by atoms with Crippen molar-refractivity contribution in [3.63, 3.8) is 0 Å². The topological polar surface area (TPSA) is 74.7 Å². The number of aromatic nitrogens is 1. The molecule has 2 heterocycles. The Balaban J connectivity index is 2.05. The minimum atomic E-state index is -3.94. The van der Waals surface area contributed by atoms with Crippen molar-refractivity contribution in [1.82, 2.24) is 4.98 Å². The third kappa shape index (κ3) is 2.45. The van der Waals surface area contributed by atoms with E-state index in [4.69, 9.17) is 0 Å². The van der Waals surface area contributed by atoms with E-state index in [0.29, 0.717) is 5.69 Å². The van der Waals surface area contributed by atoms with E-state index < -0.39 is 15.8 Å². The van der Waals surface area contributed by atoms with E-state index in [9.17, 15) is 12.8 Å². The summed E-state index contributed by atoms with van der Waals surface area (Å²) in [5, 5.41) is 2.88. The molecule has 0 fully saturated rings. The maximum Gasteiger partial charge on any atom is 0.287 e. The lowest BCUT2D eigenvalue weighted by atomic mass is 10.3. The maximum absolute atomic E-state index is 13.2. The summed E-state index contributed by atoms with van der Waals surface area (Å²) < 4.78 is 41.2. The zero-order valence-electron chi connectivity index (χ0n) is 11.0. The van der Waals surface area contributed by atoms with Crippen LogP contribution in [0.25, 0.3) is 0 Å². The van der Waals surface area contributed by atoms with Crippen LogP contribution in [0.4, 0.5) is 15.8 Å². The standard InChI is InChI=1S/C13H11FN4O2S/c1-18(10-3-2-6-15-8-10)13-16-11-5-4-9(14)7-12(11)21(19,20)17-13/h2-8H,1H3,(H,16,17). The first-order chi connectivity index (χ1) is 9.97. The Bertz CT molecular complexity index is 821. The maximum atomic E-state index is 13.2. The van der Waals surface area contributed by atoms with Crippen LogP contribution in [0.2, 0.25) is 0 Å². The lowest BCUT2D eigenvalue weighted by Gasteiger charge is -2.25. The van der Waals surface area contributed by atoms with E-state index in [1.807, 2.05) is 0 Å². The van der Waals surface area contributed by atoms with Crippen molar-refractivity contribution in [3.05, 3.63) is 48.5 Å². The number of fused-ring (bicyclic) bond motifs is 1. The molecule has 0 saturated heterocycles. The van der Waals surface area contributed by atoms with Gasteiger partial charge in [-0.2, -0.15) is 8.42 Å². The number of halogens is 1. The molecular formula is C13H11FN4O2S. The molecule has 108 valence electrons. The van der Waals surface area contributed by atoms with Gasteiger partial charge in [-0.05, 0) is 30.3 Å². The van der Waals surface area contributed by atoms with Gasteiger partial charge in [-0.25, -0.2) is 4.39 Å². The molecule has 3 rings (SSSR count). The molecule has 0 radical (unpaired) electrons. The number of benzene rings is 1. The zero-order chi connectivity index (χ0) is 15.0. The van der Waals surface area contributed by atoms with Crippen molar-refractivity contribution >= 4 is 27.4 Å². The van der Waals surface area contributed by atoms with Gasteiger partial charge in [0.1, 0.15) is 10.7 Å². The predicted molar refractivity (Wildman–Crippen MR) is 77.3 cm³/mol. The van der Waals surface area contributed by atoms with Gasteiger partial charge >= 0.3 is 0 Å². The SMILES string of the molecule is CN(C1=NS(=O)(=O)c2cc(F)ccc2N1)c1cccnc1. The third-order valence-corrected chi connectivity index (χ3v) is 4.33. The van der Waals surface area contributed by atoms with E-state index in [1.165, 1.54) is 12.1 Å². The highest BCUT2D eigenvalue weighted by atomic mass is 32.2. The second-order valence-electron chi connectivity index (χ2n) is 4.43. The molecule has 0 unspecified atom stereocenters. The fourth-order valence-electron chi connectivity index (χ4n) is 1.94. The molecular weight excluding hydrogens is 295 g/mol. The lowest BCUT2D eigenvalue weighted by molar-refractivity contribution is 0.592. The molecule has 1 aromatic carbocycles. The second-order valence-corrected chi connectivity index (χ2v) is 6.00. The van der Waals surface area contributed by atoms with Crippen LogP contribution in [0.5, 0.6) is 0 Å². The molecule has 0 spiro atoms. The van der Waals surface area contributed by atoms with Gasteiger partial charge in [0, 0.05) is 13.2 Å². The van der Waals surface area contributed by atoms with E-state index in [2.05, 4.69) is 14.7 Å². The average molecular weight is 306 g/mol. The van der Waals surface area contributed by atoms with E-state index in [-0.39, 0.29) is 16.5 Å². The summed E-state index contributed by atoms with van der Waals surface area (Å²) in [6, 6.07) is 7.00. The Morgan fingerprint density at radius 3 is 2.81 bits per heavy atom. The second kappa shape index (κ2) is 4.81. The molecule has 0 bridgehead atoms. The molecule has 21 heavy (non-hydrogen) atoms. The largest absolute Gasteiger partial charge is 0.324 e. The van der Waals surface area contributed by atoms with Crippen LogP contribution >= 0.6 is 0 Å². The Kier molecular flexibility index (Phi) is 3.09. The third-order valence-electron chi connectivity index (χ3n) is 3.03. The van der Waals surface area contributed by atoms with Crippen molar-refractivity contribution in [3.8, 4) is 0 Å². The number of nitrogens with zero attached hydrogens (tertiary/aromatic N) is 3. The molecule has 1 aliphatic rings. The number of anilines is 2. The number of sulfonamides is 1. The van der Waals surface area contributed by atoms with Crippen molar-refractivity contribution in [2.24, 2.45) is 4.40 Å². The average Bonchev–Trinajstić information content (AvgIpc) is 2.47. The first kappa shape index (κ1) is 13.5. The molecule has 1 aromatic heterocycles. The highest BCUT2D eigenvalue weighted by molar-refractivity contribution is 7.90.